The highest BCUT2D eigenvalue weighted by molar-refractivity contribution is 8.00. The molecule has 1 fully saturated rings. The molecule has 0 unspecified atom stereocenters. The summed E-state index contributed by atoms with van der Waals surface area (Å²) in [4.78, 5) is 17.2. The molecule has 2 heterocycles. The van der Waals surface area contributed by atoms with Crippen molar-refractivity contribution in [1.82, 2.24) is 14.9 Å². The Morgan fingerprint density at radius 2 is 2.04 bits per heavy atom. The number of hydrogen-bond acceptors (Lipinski definition) is 3. The van der Waals surface area contributed by atoms with E-state index in [1.165, 1.54) is 5.56 Å². The van der Waals surface area contributed by atoms with Crippen molar-refractivity contribution in [3.05, 3.63) is 59.1 Å². The Bertz CT molecular complexity index is 925. The topological polar surface area (TPSA) is 46.9 Å². The molecule has 1 atom stereocenters. The van der Waals surface area contributed by atoms with E-state index >= 15 is 0 Å². The Morgan fingerprint density at radius 3 is 2.88 bits per heavy atom. The number of carbonyl (C=O) groups excluding carboxylic acids is 1. The van der Waals surface area contributed by atoms with Gasteiger partial charge in [-0.05, 0) is 36.6 Å². The number of nitrogens with zero attached hydrogens (tertiary/aromatic N) is 2. The maximum atomic E-state index is 12.4. The number of amides is 1. The van der Waals surface area contributed by atoms with Crippen molar-refractivity contribution in [3.63, 3.8) is 0 Å². The molecule has 0 aliphatic carbocycles. The first-order valence-corrected chi connectivity index (χ1v) is 10.1. The third kappa shape index (κ3) is 3.74. The van der Waals surface area contributed by atoms with Gasteiger partial charge in [-0.2, -0.15) is 0 Å². The van der Waals surface area contributed by atoms with Gasteiger partial charge in [-0.3, -0.25) is 4.79 Å². The molecule has 1 aliphatic heterocycles. The second-order valence-electron chi connectivity index (χ2n) is 6.49. The molecule has 2 aromatic carbocycles. The second-order valence-corrected chi connectivity index (χ2v) is 8.10. The quantitative estimate of drug-likeness (QED) is 0.719. The Balaban J connectivity index is 1.72. The summed E-state index contributed by atoms with van der Waals surface area (Å²) in [5.74, 6) is 0.115. The van der Waals surface area contributed by atoms with Crippen LogP contribution in [0, 0.1) is 0 Å². The predicted molar refractivity (Wildman–Crippen MR) is 107 cm³/mol. The van der Waals surface area contributed by atoms with E-state index in [0.717, 1.165) is 48.5 Å². The molecular formula is C20H20ClN3OS. The van der Waals surface area contributed by atoms with Gasteiger partial charge in [0, 0.05) is 11.6 Å². The van der Waals surface area contributed by atoms with Crippen molar-refractivity contribution in [1.29, 1.82) is 0 Å². The van der Waals surface area contributed by atoms with E-state index in [4.69, 9.17) is 16.6 Å². The van der Waals surface area contributed by atoms with Crippen LogP contribution in [-0.4, -0.2) is 27.3 Å². The average Bonchev–Trinajstić information content (AvgIpc) is 2.82. The van der Waals surface area contributed by atoms with Gasteiger partial charge in [-0.15, -0.1) is 0 Å². The van der Waals surface area contributed by atoms with Gasteiger partial charge in [-0.25, -0.2) is 4.98 Å². The molecule has 26 heavy (non-hydrogen) atoms. The summed E-state index contributed by atoms with van der Waals surface area (Å²) in [6.45, 7) is 1.49. The van der Waals surface area contributed by atoms with Gasteiger partial charge in [0.05, 0.1) is 22.8 Å². The molecule has 6 heteroatoms. The maximum Gasteiger partial charge on any atom is 0.233 e. The summed E-state index contributed by atoms with van der Waals surface area (Å²) in [7, 11) is 0. The van der Waals surface area contributed by atoms with E-state index in [0.29, 0.717) is 5.02 Å². The largest absolute Gasteiger partial charge is 0.355 e. The monoisotopic (exact) mass is 385 g/mol. The number of aromatic nitrogens is 2. The number of nitrogens with one attached hydrogen (secondary N) is 1. The fourth-order valence-electron chi connectivity index (χ4n) is 3.24. The van der Waals surface area contributed by atoms with Crippen molar-refractivity contribution in [2.24, 2.45) is 0 Å². The molecule has 0 spiro atoms. The number of thioether (sulfide) groups is 1. The summed E-state index contributed by atoms with van der Waals surface area (Å²) in [5, 5.41) is 4.45. The zero-order valence-electron chi connectivity index (χ0n) is 14.3. The lowest BCUT2D eigenvalue weighted by Gasteiger charge is -2.14. The molecule has 0 saturated carbocycles. The molecule has 3 aromatic rings. The van der Waals surface area contributed by atoms with Crippen LogP contribution in [0.4, 0.5) is 0 Å². The number of halogens is 1. The number of benzene rings is 2. The van der Waals surface area contributed by atoms with Crippen LogP contribution in [0.1, 0.15) is 24.8 Å². The summed E-state index contributed by atoms with van der Waals surface area (Å²) in [6, 6.07) is 16.1. The fourth-order valence-corrected chi connectivity index (χ4v) is 4.58. The molecule has 0 radical (unpaired) electrons. The molecule has 4 rings (SSSR count). The lowest BCUT2D eigenvalue weighted by molar-refractivity contribution is -0.120. The first-order chi connectivity index (χ1) is 12.7. The minimum Gasteiger partial charge on any atom is -0.355 e. The minimum absolute atomic E-state index is 0.0979. The average molecular weight is 386 g/mol. The van der Waals surface area contributed by atoms with Gasteiger partial charge in [0.25, 0.3) is 0 Å². The zero-order valence-corrected chi connectivity index (χ0v) is 15.9. The molecule has 1 saturated heterocycles. The highest BCUT2D eigenvalue weighted by atomic mass is 35.5. The standard InChI is InChI=1S/C20H20ClN3OS/c21-15-9-10-17-16(12-15)23-20(24(17)13-14-6-2-1-3-7-14)26-18-8-4-5-11-22-19(18)25/h1-3,6-7,9-10,12,18H,4-5,8,11,13H2,(H,22,25)/t18-/m1/s1. The van der Waals surface area contributed by atoms with Gasteiger partial charge in [-0.1, -0.05) is 60.1 Å². The van der Waals surface area contributed by atoms with Crippen LogP contribution in [0.5, 0.6) is 0 Å². The molecule has 1 N–H and O–H groups in total. The maximum absolute atomic E-state index is 12.4. The fraction of sp³-hybridized carbons (Fsp3) is 0.300. The number of rotatable bonds is 4. The third-order valence-electron chi connectivity index (χ3n) is 4.59. The van der Waals surface area contributed by atoms with Crippen LogP contribution in [0.3, 0.4) is 0 Å². The lowest BCUT2D eigenvalue weighted by Crippen LogP contribution is -2.30. The number of carbonyl (C=O) groups is 1. The van der Waals surface area contributed by atoms with E-state index in [1.54, 1.807) is 11.8 Å². The smallest absolute Gasteiger partial charge is 0.233 e. The van der Waals surface area contributed by atoms with E-state index in [9.17, 15) is 4.79 Å². The highest BCUT2D eigenvalue weighted by Gasteiger charge is 2.24. The first kappa shape index (κ1) is 17.4. The van der Waals surface area contributed by atoms with Gasteiger partial charge in [0.2, 0.25) is 5.91 Å². The van der Waals surface area contributed by atoms with Crippen LogP contribution in [0.25, 0.3) is 11.0 Å². The van der Waals surface area contributed by atoms with Crippen LogP contribution in [0.15, 0.2) is 53.7 Å². The molecule has 4 nitrogen and oxygen atoms in total. The van der Waals surface area contributed by atoms with Crippen LogP contribution >= 0.6 is 23.4 Å². The van der Waals surface area contributed by atoms with Crippen molar-refractivity contribution in [3.8, 4) is 0 Å². The van der Waals surface area contributed by atoms with Crippen molar-refractivity contribution >= 4 is 40.3 Å². The second kappa shape index (κ2) is 7.72. The summed E-state index contributed by atoms with van der Waals surface area (Å²) in [6.07, 6.45) is 2.98. The summed E-state index contributed by atoms with van der Waals surface area (Å²) < 4.78 is 2.18. The molecular weight excluding hydrogens is 366 g/mol. The Kier molecular flexibility index (Phi) is 5.18. The Labute approximate surface area is 161 Å². The van der Waals surface area contributed by atoms with Crippen LogP contribution < -0.4 is 5.32 Å². The van der Waals surface area contributed by atoms with Gasteiger partial charge in [0.1, 0.15) is 0 Å². The van der Waals surface area contributed by atoms with Crippen molar-refractivity contribution in [2.45, 2.75) is 36.2 Å². The first-order valence-electron chi connectivity index (χ1n) is 8.85. The van der Waals surface area contributed by atoms with Crippen molar-refractivity contribution in [2.75, 3.05) is 6.54 Å². The van der Waals surface area contributed by atoms with Crippen LogP contribution in [0.2, 0.25) is 5.02 Å². The number of imidazole rings is 1. The summed E-state index contributed by atoms with van der Waals surface area (Å²) >= 11 is 7.72. The highest BCUT2D eigenvalue weighted by Crippen LogP contribution is 2.32. The van der Waals surface area contributed by atoms with E-state index < -0.39 is 0 Å². The zero-order chi connectivity index (χ0) is 17.9. The van der Waals surface area contributed by atoms with E-state index in [2.05, 4.69) is 22.0 Å². The lowest BCUT2D eigenvalue weighted by atomic mass is 10.2. The van der Waals surface area contributed by atoms with Crippen molar-refractivity contribution < 1.29 is 4.79 Å². The third-order valence-corrected chi connectivity index (χ3v) is 6.08. The van der Waals surface area contributed by atoms with E-state index in [-0.39, 0.29) is 11.2 Å². The van der Waals surface area contributed by atoms with Gasteiger partial charge < -0.3 is 9.88 Å². The Morgan fingerprint density at radius 1 is 1.19 bits per heavy atom. The molecule has 1 amide bonds. The van der Waals surface area contributed by atoms with Gasteiger partial charge >= 0.3 is 0 Å². The van der Waals surface area contributed by atoms with E-state index in [1.807, 2.05) is 36.4 Å². The van der Waals surface area contributed by atoms with Gasteiger partial charge in [0.15, 0.2) is 5.16 Å². The SMILES string of the molecule is O=C1NCCCC[C@H]1Sc1nc2cc(Cl)ccc2n1Cc1ccccc1. The molecule has 134 valence electrons. The minimum atomic E-state index is -0.0979. The predicted octanol–water partition coefficient (Wildman–Crippen LogP) is 4.50. The molecule has 1 aromatic heterocycles. The van der Waals surface area contributed by atoms with Crippen LogP contribution in [-0.2, 0) is 11.3 Å². The number of fused-ring (bicyclic) bond motifs is 1. The molecule has 1 aliphatic rings. The summed E-state index contributed by atoms with van der Waals surface area (Å²) in [5.41, 5.74) is 3.11. The normalized spacial score (nSPS) is 17.9. The molecule has 0 bridgehead atoms. The number of hydrogen-bond donors (Lipinski definition) is 1. The Hall–Kier alpha value is -1.98.